The van der Waals surface area contributed by atoms with Crippen LogP contribution in [0.15, 0.2) is 44.3 Å². The molecule has 1 aromatic carbocycles. The van der Waals surface area contributed by atoms with Crippen molar-refractivity contribution in [1.29, 1.82) is 0 Å². The van der Waals surface area contributed by atoms with Crippen LogP contribution in [0.25, 0.3) is 5.69 Å². The molecule has 0 aliphatic carbocycles. The summed E-state index contributed by atoms with van der Waals surface area (Å²) in [4.78, 5) is 23.1. The Bertz CT molecular complexity index is 594. The van der Waals surface area contributed by atoms with Gasteiger partial charge in [-0.25, -0.2) is 9.36 Å². The molecule has 5 heteroatoms. The summed E-state index contributed by atoms with van der Waals surface area (Å²) < 4.78 is 5.80. The van der Waals surface area contributed by atoms with Crippen molar-refractivity contribution in [2.75, 3.05) is 0 Å². The molecule has 1 heterocycles. The quantitative estimate of drug-likeness (QED) is 0.759. The van der Waals surface area contributed by atoms with Crippen LogP contribution in [0.1, 0.15) is 5.76 Å². The maximum atomic E-state index is 11.6. The van der Waals surface area contributed by atoms with Gasteiger partial charge in [-0.05, 0) is 31.2 Å². The minimum Gasteiger partial charge on any atom is -0.414 e. The van der Waals surface area contributed by atoms with Gasteiger partial charge in [0.15, 0.2) is 0 Å². The molecule has 0 spiro atoms. The average Bonchev–Trinajstić information content (AvgIpc) is 2.19. The lowest BCUT2D eigenvalue weighted by molar-refractivity contribution is 0.432. The third kappa shape index (κ3) is 1.92. The van der Waals surface area contributed by atoms with Crippen molar-refractivity contribution < 1.29 is 4.42 Å². The summed E-state index contributed by atoms with van der Waals surface area (Å²) in [6.07, 6.45) is 0. The fourth-order valence-electron chi connectivity index (χ4n) is 1.36. The largest absolute Gasteiger partial charge is 0.426 e. The van der Waals surface area contributed by atoms with Crippen molar-refractivity contribution in [3.63, 3.8) is 0 Å². The van der Waals surface area contributed by atoms with Crippen LogP contribution in [0.4, 0.5) is 0 Å². The smallest absolute Gasteiger partial charge is 0.414 e. The van der Waals surface area contributed by atoms with Crippen LogP contribution in [-0.4, -0.2) is 4.57 Å². The number of benzene rings is 1. The van der Waals surface area contributed by atoms with Gasteiger partial charge in [-0.15, -0.1) is 0 Å². The predicted octanol–water partition coefficient (Wildman–Crippen LogP) is 1.75. The zero-order chi connectivity index (χ0) is 11.7. The maximum Gasteiger partial charge on any atom is 0.426 e. The molecule has 0 radical (unpaired) electrons. The Hall–Kier alpha value is -1.81. The molecule has 0 fully saturated rings. The van der Waals surface area contributed by atoms with E-state index in [-0.39, 0.29) is 0 Å². The van der Waals surface area contributed by atoms with Crippen molar-refractivity contribution >= 4 is 11.6 Å². The molecule has 2 aromatic rings. The van der Waals surface area contributed by atoms with E-state index in [1.54, 1.807) is 31.2 Å². The van der Waals surface area contributed by atoms with Crippen molar-refractivity contribution in [1.82, 2.24) is 4.57 Å². The first kappa shape index (κ1) is 10.7. The molecule has 0 aliphatic heterocycles. The summed E-state index contributed by atoms with van der Waals surface area (Å²) in [5.74, 6) is -0.410. The summed E-state index contributed by atoms with van der Waals surface area (Å²) >= 11 is 5.71. The third-order valence-corrected chi connectivity index (χ3v) is 2.31. The fraction of sp³-hybridized carbons (Fsp3) is 0.0909. The van der Waals surface area contributed by atoms with Gasteiger partial charge in [0, 0.05) is 11.1 Å². The molecule has 0 saturated carbocycles. The highest BCUT2D eigenvalue weighted by Gasteiger charge is 2.06. The number of aryl methyl sites for hydroxylation is 1. The summed E-state index contributed by atoms with van der Waals surface area (Å²) in [7, 11) is 0. The van der Waals surface area contributed by atoms with Crippen LogP contribution in [0, 0.1) is 6.92 Å². The Kier molecular flexibility index (Phi) is 2.66. The Morgan fingerprint density at radius 1 is 1.19 bits per heavy atom. The average molecular weight is 238 g/mol. The van der Waals surface area contributed by atoms with Gasteiger partial charge in [-0.2, -0.15) is 0 Å². The van der Waals surface area contributed by atoms with Gasteiger partial charge in [-0.1, -0.05) is 11.6 Å². The highest BCUT2D eigenvalue weighted by molar-refractivity contribution is 6.30. The SMILES string of the molecule is Cc1cc(=O)n(-c2ccc(Cl)cc2)c(=O)o1. The van der Waals surface area contributed by atoms with E-state index in [1.165, 1.54) is 6.07 Å². The summed E-state index contributed by atoms with van der Waals surface area (Å²) in [6.45, 7) is 1.55. The van der Waals surface area contributed by atoms with Crippen LogP contribution in [0.2, 0.25) is 5.02 Å². The van der Waals surface area contributed by atoms with Gasteiger partial charge >= 0.3 is 5.76 Å². The summed E-state index contributed by atoms with van der Waals surface area (Å²) in [6, 6.07) is 7.62. The van der Waals surface area contributed by atoms with E-state index in [4.69, 9.17) is 16.0 Å². The Labute approximate surface area is 95.7 Å². The first-order valence-corrected chi connectivity index (χ1v) is 4.95. The Morgan fingerprint density at radius 3 is 2.38 bits per heavy atom. The number of aromatic nitrogens is 1. The molecule has 1 aromatic heterocycles. The van der Waals surface area contributed by atoms with Gasteiger partial charge in [0.25, 0.3) is 5.56 Å². The van der Waals surface area contributed by atoms with Crippen LogP contribution in [-0.2, 0) is 0 Å². The first-order valence-electron chi connectivity index (χ1n) is 4.58. The van der Waals surface area contributed by atoms with Gasteiger partial charge in [-0.3, -0.25) is 4.79 Å². The number of hydrogen-bond donors (Lipinski definition) is 0. The lowest BCUT2D eigenvalue weighted by Crippen LogP contribution is -2.30. The molecule has 82 valence electrons. The van der Waals surface area contributed by atoms with E-state index in [0.29, 0.717) is 16.5 Å². The second-order valence-corrected chi connectivity index (χ2v) is 3.71. The molecule has 2 rings (SSSR count). The molecule has 4 nitrogen and oxygen atoms in total. The molecular weight excluding hydrogens is 230 g/mol. The standard InChI is InChI=1S/C11H8ClNO3/c1-7-6-10(14)13(11(15)16-7)9-4-2-8(12)3-5-9/h2-6H,1H3. The topological polar surface area (TPSA) is 52.2 Å². The highest BCUT2D eigenvalue weighted by Crippen LogP contribution is 2.10. The third-order valence-electron chi connectivity index (χ3n) is 2.06. The van der Waals surface area contributed by atoms with E-state index in [0.717, 1.165) is 4.57 Å². The van der Waals surface area contributed by atoms with E-state index >= 15 is 0 Å². The van der Waals surface area contributed by atoms with Crippen molar-refractivity contribution in [3.8, 4) is 5.69 Å². The van der Waals surface area contributed by atoms with Crippen molar-refractivity contribution in [3.05, 3.63) is 62.0 Å². The summed E-state index contributed by atoms with van der Waals surface area (Å²) in [5, 5.41) is 0.535. The van der Waals surface area contributed by atoms with E-state index in [1.807, 2.05) is 0 Å². The van der Waals surface area contributed by atoms with Crippen LogP contribution in [0.3, 0.4) is 0 Å². The number of halogens is 1. The van der Waals surface area contributed by atoms with Crippen LogP contribution < -0.4 is 11.3 Å². The van der Waals surface area contributed by atoms with E-state index in [9.17, 15) is 9.59 Å². The number of hydrogen-bond acceptors (Lipinski definition) is 3. The van der Waals surface area contributed by atoms with Crippen molar-refractivity contribution in [2.24, 2.45) is 0 Å². The van der Waals surface area contributed by atoms with E-state index < -0.39 is 11.3 Å². The van der Waals surface area contributed by atoms with Crippen LogP contribution in [0.5, 0.6) is 0 Å². The van der Waals surface area contributed by atoms with Gasteiger partial charge in [0.2, 0.25) is 0 Å². The monoisotopic (exact) mass is 237 g/mol. The van der Waals surface area contributed by atoms with Gasteiger partial charge < -0.3 is 4.42 Å². The highest BCUT2D eigenvalue weighted by atomic mass is 35.5. The molecule has 0 amide bonds. The Morgan fingerprint density at radius 2 is 1.81 bits per heavy atom. The molecule has 0 bridgehead atoms. The van der Waals surface area contributed by atoms with Gasteiger partial charge in [0.05, 0.1) is 5.69 Å². The van der Waals surface area contributed by atoms with Crippen LogP contribution >= 0.6 is 11.6 Å². The zero-order valence-corrected chi connectivity index (χ0v) is 9.19. The zero-order valence-electron chi connectivity index (χ0n) is 8.44. The lowest BCUT2D eigenvalue weighted by atomic mass is 10.3. The van der Waals surface area contributed by atoms with E-state index in [2.05, 4.69) is 0 Å². The minimum atomic E-state index is -0.702. The lowest BCUT2D eigenvalue weighted by Gasteiger charge is -2.03. The molecule has 0 atom stereocenters. The second-order valence-electron chi connectivity index (χ2n) is 3.27. The first-order chi connectivity index (χ1) is 7.58. The molecule has 0 aliphatic rings. The van der Waals surface area contributed by atoms with Gasteiger partial charge in [0.1, 0.15) is 5.76 Å². The molecule has 16 heavy (non-hydrogen) atoms. The molecule has 0 saturated heterocycles. The molecule has 0 N–H and O–H groups in total. The Balaban J connectivity index is 2.70. The molecular formula is C11H8ClNO3. The molecule has 0 unspecified atom stereocenters. The minimum absolute atomic E-state index is 0.292. The number of nitrogens with zero attached hydrogens (tertiary/aromatic N) is 1. The number of rotatable bonds is 1. The maximum absolute atomic E-state index is 11.6. The normalized spacial score (nSPS) is 10.4. The predicted molar refractivity (Wildman–Crippen MR) is 60.3 cm³/mol. The fourth-order valence-corrected chi connectivity index (χ4v) is 1.49. The second kappa shape index (κ2) is 3.98. The summed E-state index contributed by atoms with van der Waals surface area (Å²) in [5.41, 5.74) is 0.0132. The van der Waals surface area contributed by atoms with Crippen molar-refractivity contribution in [2.45, 2.75) is 6.92 Å².